The topological polar surface area (TPSA) is 75.6 Å². The normalized spacial score (nSPS) is 23.4. The van der Waals surface area contributed by atoms with E-state index in [9.17, 15) is 4.79 Å². The van der Waals surface area contributed by atoms with Crippen LogP contribution in [0, 0.1) is 6.92 Å². The molecule has 0 amide bonds. The van der Waals surface area contributed by atoms with E-state index in [4.69, 9.17) is 0 Å². The van der Waals surface area contributed by atoms with Gasteiger partial charge in [0.1, 0.15) is 0 Å². The van der Waals surface area contributed by atoms with E-state index in [1.165, 1.54) is 11.1 Å². The molecule has 0 saturated heterocycles. The molecule has 0 aromatic carbocycles. The van der Waals surface area contributed by atoms with Gasteiger partial charge in [0.15, 0.2) is 0 Å². The van der Waals surface area contributed by atoms with Gasteiger partial charge >= 0.3 is 0 Å². The number of rotatable bonds is 4. The highest BCUT2D eigenvalue weighted by Gasteiger charge is 2.25. The number of fused-ring (bicyclic) bond motifs is 1. The molecule has 0 spiro atoms. The number of hydrogen-bond acceptors (Lipinski definition) is 4. The molecular weight excluding hydrogens is 302 g/mol. The summed E-state index contributed by atoms with van der Waals surface area (Å²) in [5.41, 5.74) is 4.76. The van der Waals surface area contributed by atoms with Crippen molar-refractivity contribution in [3.63, 3.8) is 0 Å². The lowest BCUT2D eigenvalue weighted by Crippen LogP contribution is -2.36. The molecule has 0 atom stereocenters. The summed E-state index contributed by atoms with van der Waals surface area (Å²) in [6.07, 6.45) is 9.29. The fourth-order valence-corrected chi connectivity index (χ4v) is 4.01. The van der Waals surface area contributed by atoms with Crippen LogP contribution in [0.1, 0.15) is 60.7 Å². The van der Waals surface area contributed by atoms with E-state index in [1.807, 2.05) is 19.2 Å². The Morgan fingerprint density at radius 1 is 1.29 bits per heavy atom. The maximum absolute atomic E-state index is 12.4. The summed E-state index contributed by atoms with van der Waals surface area (Å²) < 4.78 is 1.76. The second-order valence-electron chi connectivity index (χ2n) is 7.16. The third-order valence-corrected chi connectivity index (χ3v) is 5.54. The second-order valence-corrected chi connectivity index (χ2v) is 7.16. The first-order valence-corrected chi connectivity index (χ1v) is 9.04. The molecule has 4 rings (SSSR count). The van der Waals surface area contributed by atoms with Gasteiger partial charge in [-0.3, -0.25) is 9.89 Å². The summed E-state index contributed by atoms with van der Waals surface area (Å²) >= 11 is 0. The minimum Gasteiger partial charge on any atom is -0.310 e. The first-order chi connectivity index (χ1) is 11.7. The van der Waals surface area contributed by atoms with Crippen LogP contribution >= 0.6 is 0 Å². The predicted octanol–water partition coefficient (Wildman–Crippen LogP) is 2.04. The first kappa shape index (κ1) is 15.6. The lowest BCUT2D eigenvalue weighted by molar-refractivity contribution is 0.267. The Morgan fingerprint density at radius 3 is 2.88 bits per heavy atom. The smallest absolute Gasteiger partial charge is 0.267 e. The van der Waals surface area contributed by atoms with E-state index in [0.717, 1.165) is 62.9 Å². The van der Waals surface area contributed by atoms with Gasteiger partial charge in [0.05, 0.1) is 17.9 Å². The Kier molecular flexibility index (Phi) is 4.22. The number of nitrogens with one attached hydrogen (secondary N) is 2. The van der Waals surface area contributed by atoms with E-state index in [1.54, 1.807) is 4.68 Å². The van der Waals surface area contributed by atoms with Gasteiger partial charge in [-0.05, 0) is 57.4 Å². The van der Waals surface area contributed by atoms with Crippen molar-refractivity contribution in [1.29, 1.82) is 0 Å². The Morgan fingerprint density at radius 2 is 2.12 bits per heavy atom. The van der Waals surface area contributed by atoms with Crippen molar-refractivity contribution in [2.45, 2.75) is 70.5 Å². The summed E-state index contributed by atoms with van der Waals surface area (Å²) in [5, 5.41) is 15.3. The van der Waals surface area contributed by atoms with E-state index >= 15 is 0 Å². The van der Waals surface area contributed by atoms with Crippen LogP contribution in [0.15, 0.2) is 17.1 Å². The van der Waals surface area contributed by atoms with Crippen LogP contribution in [0.4, 0.5) is 0 Å². The summed E-state index contributed by atoms with van der Waals surface area (Å²) in [6.45, 7) is 2.90. The summed E-state index contributed by atoms with van der Waals surface area (Å²) in [6, 6.07) is 2.60. The summed E-state index contributed by atoms with van der Waals surface area (Å²) in [4.78, 5) is 12.4. The fraction of sp³-hybridized carbons (Fsp3) is 0.611. The molecule has 0 bridgehead atoms. The third kappa shape index (κ3) is 3.02. The number of aromatic amines is 1. The molecule has 2 heterocycles. The van der Waals surface area contributed by atoms with Crippen LogP contribution in [0.25, 0.3) is 0 Å². The van der Waals surface area contributed by atoms with Crippen molar-refractivity contribution in [3.8, 4) is 0 Å². The maximum Gasteiger partial charge on any atom is 0.267 e. The molecule has 128 valence electrons. The number of aromatic nitrogens is 4. The molecule has 1 fully saturated rings. The molecular formula is C18H25N5O. The molecule has 24 heavy (non-hydrogen) atoms. The molecule has 0 unspecified atom stereocenters. The largest absolute Gasteiger partial charge is 0.310 e. The molecule has 0 radical (unpaired) electrons. The first-order valence-electron chi connectivity index (χ1n) is 9.04. The van der Waals surface area contributed by atoms with Gasteiger partial charge in [0.25, 0.3) is 5.56 Å². The van der Waals surface area contributed by atoms with Gasteiger partial charge in [0, 0.05) is 29.9 Å². The average molecular weight is 327 g/mol. The number of aryl methyl sites for hydroxylation is 3. The van der Waals surface area contributed by atoms with Crippen molar-refractivity contribution in [1.82, 2.24) is 25.3 Å². The van der Waals surface area contributed by atoms with Gasteiger partial charge in [-0.25, -0.2) is 4.68 Å². The van der Waals surface area contributed by atoms with Gasteiger partial charge in [-0.15, -0.1) is 0 Å². The van der Waals surface area contributed by atoms with E-state index in [0.29, 0.717) is 6.04 Å². The highest BCUT2D eigenvalue weighted by atomic mass is 16.1. The molecule has 1 saturated carbocycles. The number of H-pyrrole nitrogens is 1. The standard InChI is InChI=1S/C18H25N5O/c1-12-14(11-20-21-12)10-19-15-5-7-16(8-6-15)23-18(24)9-13-3-2-4-17(13)22-23/h9,11,15-16,19H,2-8,10H2,1H3,(H,20,21). The second kappa shape index (κ2) is 6.51. The molecule has 0 aliphatic heterocycles. The molecule has 2 N–H and O–H groups in total. The Hall–Kier alpha value is -1.95. The van der Waals surface area contributed by atoms with Gasteiger partial charge in [-0.2, -0.15) is 10.2 Å². The minimum absolute atomic E-state index is 0.0843. The SMILES string of the molecule is Cc1[nH]ncc1CNC1CCC(n2nc3c(cc2=O)CCC3)CC1. The molecule has 6 nitrogen and oxygen atoms in total. The minimum atomic E-state index is 0.0843. The van der Waals surface area contributed by atoms with E-state index in [2.05, 4.69) is 20.6 Å². The molecule has 2 aromatic rings. The molecule has 2 aromatic heterocycles. The van der Waals surface area contributed by atoms with Crippen LogP contribution in [-0.2, 0) is 19.4 Å². The van der Waals surface area contributed by atoms with Crippen LogP contribution in [-0.4, -0.2) is 26.0 Å². The molecule has 2 aliphatic carbocycles. The average Bonchev–Trinajstić information content (AvgIpc) is 3.21. The van der Waals surface area contributed by atoms with Gasteiger partial charge in [0.2, 0.25) is 0 Å². The maximum atomic E-state index is 12.4. The predicted molar refractivity (Wildman–Crippen MR) is 92.0 cm³/mol. The number of hydrogen-bond donors (Lipinski definition) is 2. The van der Waals surface area contributed by atoms with Gasteiger partial charge in [-0.1, -0.05) is 0 Å². The van der Waals surface area contributed by atoms with Crippen LogP contribution in [0.2, 0.25) is 0 Å². The van der Waals surface area contributed by atoms with E-state index in [-0.39, 0.29) is 11.6 Å². The van der Waals surface area contributed by atoms with Crippen molar-refractivity contribution in [3.05, 3.63) is 45.1 Å². The third-order valence-electron chi connectivity index (χ3n) is 5.54. The Balaban J connectivity index is 1.36. The van der Waals surface area contributed by atoms with Crippen molar-refractivity contribution in [2.75, 3.05) is 0 Å². The van der Waals surface area contributed by atoms with Crippen LogP contribution in [0.5, 0.6) is 0 Å². The van der Waals surface area contributed by atoms with Crippen LogP contribution < -0.4 is 10.9 Å². The summed E-state index contributed by atoms with van der Waals surface area (Å²) in [7, 11) is 0. The highest BCUT2D eigenvalue weighted by Crippen LogP contribution is 2.28. The zero-order chi connectivity index (χ0) is 16.5. The Labute approximate surface area is 141 Å². The Bertz CT molecular complexity index is 770. The van der Waals surface area contributed by atoms with E-state index < -0.39 is 0 Å². The highest BCUT2D eigenvalue weighted by molar-refractivity contribution is 5.22. The number of nitrogens with zero attached hydrogens (tertiary/aromatic N) is 3. The van der Waals surface area contributed by atoms with Crippen molar-refractivity contribution in [2.24, 2.45) is 0 Å². The lowest BCUT2D eigenvalue weighted by atomic mass is 9.91. The van der Waals surface area contributed by atoms with Crippen molar-refractivity contribution >= 4 is 0 Å². The lowest BCUT2D eigenvalue weighted by Gasteiger charge is -2.29. The molecule has 2 aliphatic rings. The monoisotopic (exact) mass is 327 g/mol. The quantitative estimate of drug-likeness (QED) is 0.901. The molecule has 6 heteroatoms. The fourth-order valence-electron chi connectivity index (χ4n) is 4.01. The van der Waals surface area contributed by atoms with Gasteiger partial charge < -0.3 is 5.32 Å². The summed E-state index contributed by atoms with van der Waals surface area (Å²) in [5.74, 6) is 0. The zero-order valence-electron chi connectivity index (χ0n) is 14.2. The zero-order valence-corrected chi connectivity index (χ0v) is 14.2. The van der Waals surface area contributed by atoms with Crippen molar-refractivity contribution < 1.29 is 0 Å². The van der Waals surface area contributed by atoms with Crippen LogP contribution in [0.3, 0.4) is 0 Å².